The lowest BCUT2D eigenvalue weighted by Crippen LogP contribution is -2.66. The first kappa shape index (κ1) is 77.0. The molecule has 6 aliphatic heterocycles. The number of fused-ring (bicyclic) bond motifs is 16. The molecule has 17 aromatic carbocycles. The molecule has 0 saturated carbocycles. The molecule has 1 N–H and O–H groups in total. The van der Waals surface area contributed by atoms with Crippen LogP contribution >= 0.6 is 34.4 Å². The van der Waals surface area contributed by atoms with Gasteiger partial charge < -0.3 is 39.6 Å². The van der Waals surface area contributed by atoms with Crippen molar-refractivity contribution in [2.75, 3.05) is 39.6 Å². The fourth-order valence-electron chi connectivity index (χ4n) is 22.7. The van der Waals surface area contributed by atoms with Crippen molar-refractivity contribution >= 4 is 253 Å². The Morgan fingerprint density at radius 1 is 0.248 bits per heavy atom. The largest absolute Gasteiger partial charge is 0.356 e. The average molecular weight is 1710 g/mol. The lowest BCUT2D eigenvalue weighted by atomic mass is 9.30. The number of benzene rings is 17. The molecular weight excluding hydrogens is 1620 g/mol. The molecule has 0 atom stereocenters. The summed E-state index contributed by atoms with van der Waals surface area (Å²) in [6.07, 6.45) is 0. The molecule has 0 amide bonds. The van der Waals surface area contributed by atoms with E-state index in [4.69, 9.17) is 0 Å². The van der Waals surface area contributed by atoms with Crippen LogP contribution in [0.3, 0.4) is 0 Å². The summed E-state index contributed by atoms with van der Waals surface area (Å²) in [5, 5.41) is 6.98. The lowest BCUT2D eigenvalue weighted by Gasteiger charge is -2.48. The third-order valence-corrected chi connectivity index (χ3v) is 31.2. The van der Waals surface area contributed by atoms with Gasteiger partial charge in [-0.3, -0.25) is 0 Å². The van der Waals surface area contributed by atoms with E-state index in [9.17, 15) is 0 Å². The summed E-state index contributed by atoms with van der Waals surface area (Å²) in [5.74, 6) is 0. The van der Waals surface area contributed by atoms with E-state index in [0.29, 0.717) is 0 Å². The molecule has 8 heterocycles. The molecule has 0 bridgehead atoms. The normalized spacial score (nSPS) is 13.2. The number of thiophene rings is 2. The van der Waals surface area contributed by atoms with Crippen LogP contribution in [0.5, 0.6) is 0 Å². The first-order valence-electron chi connectivity index (χ1n) is 44.8. The van der Waals surface area contributed by atoms with Crippen LogP contribution in [0.2, 0.25) is 0 Å². The third kappa shape index (κ3) is 12.0. The maximum absolute atomic E-state index is 4.45. The topological polar surface area (TPSA) is 34.7 Å². The van der Waals surface area contributed by atoms with Crippen LogP contribution in [0.25, 0.3) is 20.2 Å². The number of para-hydroxylation sites is 7. The Labute approximate surface area is 767 Å². The average Bonchev–Trinajstić information content (AvgIpc) is 1.20. The van der Waals surface area contributed by atoms with Gasteiger partial charge in [0.2, 0.25) is 0 Å². The monoisotopic (exact) mass is 1710 g/mol. The summed E-state index contributed by atoms with van der Waals surface area (Å²) in [4.78, 5) is 20.8. The summed E-state index contributed by atoms with van der Waals surface area (Å²) in [5.41, 5.74) is 45.4. The Morgan fingerprint density at radius 3 is 1.04 bits per heavy atom. The Morgan fingerprint density at radius 2 is 0.589 bits per heavy atom. The molecule has 0 aliphatic carbocycles. The molecule has 0 spiro atoms. The minimum Gasteiger partial charge on any atom is -0.356 e. The first-order chi connectivity index (χ1) is 63.2. The van der Waals surface area contributed by atoms with Gasteiger partial charge in [0.05, 0.1) is 34.1 Å². The van der Waals surface area contributed by atoms with Crippen LogP contribution in [-0.4, -0.2) is 20.1 Å². The van der Waals surface area contributed by atoms with E-state index < -0.39 is 0 Å². The van der Waals surface area contributed by atoms with E-state index in [2.05, 4.69) is 460 Å². The molecule has 0 saturated heterocycles. The number of nitrogens with one attached hydrogen (secondary N) is 1. The molecular formula is C115H87B3N8S3. The van der Waals surface area contributed by atoms with Crippen molar-refractivity contribution in [3.63, 3.8) is 0 Å². The van der Waals surface area contributed by atoms with Gasteiger partial charge in [-0.15, -0.1) is 22.7 Å². The van der Waals surface area contributed by atoms with Crippen LogP contribution < -0.4 is 87.4 Å². The highest BCUT2D eigenvalue weighted by Crippen LogP contribution is 2.57. The van der Waals surface area contributed by atoms with E-state index in [1.165, 1.54) is 156 Å². The highest BCUT2D eigenvalue weighted by atomic mass is 32.2. The van der Waals surface area contributed by atoms with Crippen LogP contribution in [-0.2, 0) is 0 Å². The molecule has 8 nitrogen and oxygen atoms in total. The molecule has 2 aromatic heterocycles. The van der Waals surface area contributed by atoms with Crippen molar-refractivity contribution in [3.05, 3.63) is 408 Å². The molecule has 19 aromatic rings. The van der Waals surface area contributed by atoms with Crippen molar-refractivity contribution in [1.82, 2.24) is 0 Å². The summed E-state index contributed by atoms with van der Waals surface area (Å²) in [6.45, 7) is 20.1. The Bertz CT molecular complexity index is 7680. The fraction of sp³-hybridized carbons (Fsp3) is 0.0783. The van der Waals surface area contributed by atoms with Gasteiger partial charge in [-0.2, -0.15) is 0 Å². The van der Waals surface area contributed by atoms with E-state index >= 15 is 0 Å². The number of nitrogens with zero attached hydrogens (tertiary/aromatic N) is 7. The number of hydrogen-bond acceptors (Lipinski definition) is 11. The second-order valence-corrected chi connectivity index (χ2v) is 39.0. The van der Waals surface area contributed by atoms with Gasteiger partial charge in [0, 0.05) is 131 Å². The SMILES string of the molecule is Cc1cc(C)c(N2c3cc4c(cc3B3c5sc6ccccc6c5Sc5cc(N(c6ccccc6)c6ccccc6)cc2c53)B2c3cc5c(cc3N(c3c(C)cc(C)cc3C)c3cc(N(c6ccccc6)c6ccccc6)cc(c32)N4c2c(C)cc(C)cc2C)Nc2cc(N(c3ccccc3)c3ccccc3)cc3c2B5c2sc4ccccc4c2N3c2ccccc2)c(C)c1. The third-order valence-electron chi connectivity index (χ3n) is 27.4. The number of hydrogen-bond donors (Lipinski definition) is 1. The van der Waals surface area contributed by atoms with Gasteiger partial charge in [0.15, 0.2) is 0 Å². The van der Waals surface area contributed by atoms with Crippen LogP contribution in [0.4, 0.5) is 131 Å². The van der Waals surface area contributed by atoms with Gasteiger partial charge in [-0.1, -0.05) is 241 Å². The van der Waals surface area contributed by atoms with Gasteiger partial charge in [-0.25, -0.2) is 0 Å². The fourth-order valence-corrected chi connectivity index (χ4v) is 26.8. The highest BCUT2D eigenvalue weighted by molar-refractivity contribution is 8.00. The molecule has 25 rings (SSSR count). The standard InChI is InChI=1S/C115H87B3N8S3/c1-69-53-72(4)109(73(5)54-69)124-96-67-94-90(117-106-95(119-94)59-85(120(78-35-17-10-18-36-78)79-37-19-11-20-38-79)60-99(106)123(84-47-29-16-30-48-84)112-88-49-31-33-51-103(88)128-114(112)117)65-91(96)116-92-66-93-98(68-97(92)125(110-74(6)55-70(2)56-75(110)7)101-62-86(61-100(124)107(101)116)121(80-39-21-12-22-40-80)81-41-23-13-24-42-81)126(111-76(8)57-71(3)58-77(111)9)102-63-87(122(82-43-25-14-26-44-82)83-45-27-15-28-46-83)64-105-108(102)118(93)115-113(127-105)89-50-32-34-52-104(89)129-115/h10-68,119H,1-9H3. The van der Waals surface area contributed by atoms with Gasteiger partial charge in [0.25, 0.3) is 20.1 Å². The van der Waals surface area contributed by atoms with Crippen molar-refractivity contribution in [2.45, 2.75) is 72.1 Å². The maximum atomic E-state index is 4.45. The number of anilines is 23. The molecule has 129 heavy (non-hydrogen) atoms. The lowest BCUT2D eigenvalue weighted by molar-refractivity contribution is 1.17. The Kier molecular flexibility index (Phi) is 17.8. The minimum atomic E-state index is -0.360. The van der Waals surface area contributed by atoms with E-state index in [1.54, 1.807) is 0 Å². The van der Waals surface area contributed by atoms with Gasteiger partial charge in [-0.05, 0) is 284 Å². The van der Waals surface area contributed by atoms with Crippen molar-refractivity contribution in [1.29, 1.82) is 0 Å². The molecule has 14 heteroatoms. The zero-order valence-corrected chi connectivity index (χ0v) is 75.6. The second-order valence-electron chi connectivity index (χ2n) is 35.7. The van der Waals surface area contributed by atoms with Crippen molar-refractivity contribution in [2.24, 2.45) is 0 Å². The molecule has 6 aliphatic rings. The summed E-state index contributed by atoms with van der Waals surface area (Å²) < 4.78 is 5.24. The van der Waals surface area contributed by atoms with Gasteiger partial charge in [0.1, 0.15) is 0 Å². The number of aryl methyl sites for hydroxylation is 9. The zero-order chi connectivity index (χ0) is 86.5. The summed E-state index contributed by atoms with van der Waals surface area (Å²) in [6, 6.07) is 136. The zero-order valence-electron chi connectivity index (χ0n) is 73.2. The van der Waals surface area contributed by atoms with Crippen LogP contribution in [0.1, 0.15) is 50.1 Å². The van der Waals surface area contributed by atoms with E-state index in [0.717, 1.165) is 102 Å². The highest BCUT2D eigenvalue weighted by Gasteiger charge is 2.52. The van der Waals surface area contributed by atoms with Gasteiger partial charge >= 0.3 is 0 Å². The first-order valence-corrected chi connectivity index (χ1v) is 47.2. The minimum absolute atomic E-state index is 0.182. The van der Waals surface area contributed by atoms with E-state index in [1.807, 2.05) is 34.4 Å². The second kappa shape index (κ2) is 29.9. The summed E-state index contributed by atoms with van der Waals surface area (Å²) in [7, 11) is 0. The van der Waals surface area contributed by atoms with E-state index in [-0.39, 0.29) is 20.1 Å². The smallest absolute Gasteiger partial charge is 0.264 e. The predicted molar refractivity (Wildman–Crippen MR) is 557 cm³/mol. The maximum Gasteiger partial charge on any atom is 0.264 e. The quantitative estimate of drug-likeness (QED) is 0.114. The molecule has 0 radical (unpaired) electrons. The Balaban J connectivity index is 0.834. The Hall–Kier alpha value is -14.4. The van der Waals surface area contributed by atoms with Crippen molar-refractivity contribution in [3.8, 4) is 0 Å². The van der Waals surface area contributed by atoms with Crippen LogP contribution in [0, 0.1) is 62.3 Å². The van der Waals surface area contributed by atoms with Crippen molar-refractivity contribution < 1.29 is 0 Å². The molecule has 0 fully saturated rings. The predicted octanol–water partition coefficient (Wildman–Crippen LogP) is 26.5. The molecule has 0 unspecified atom stereocenters. The summed E-state index contributed by atoms with van der Waals surface area (Å²) >= 11 is 5.89. The molecule has 614 valence electrons. The number of rotatable bonds is 13. The van der Waals surface area contributed by atoms with Crippen LogP contribution in [0.15, 0.2) is 368 Å².